The molecule has 0 aliphatic carbocycles. The van der Waals surface area contributed by atoms with E-state index in [0.29, 0.717) is 0 Å². The molecular formula is C14H11F4N5O3S2. The van der Waals surface area contributed by atoms with Crippen LogP contribution in [0, 0.1) is 5.82 Å². The molecule has 0 spiro atoms. The Hall–Kier alpha value is -2.61. The number of aromatic nitrogens is 4. The van der Waals surface area contributed by atoms with Gasteiger partial charge in [0, 0.05) is 6.07 Å². The van der Waals surface area contributed by atoms with Gasteiger partial charge >= 0.3 is 12.1 Å². The molecule has 3 rings (SSSR count). The van der Waals surface area contributed by atoms with Gasteiger partial charge in [-0.25, -0.2) is 17.8 Å². The second-order valence-corrected chi connectivity index (χ2v) is 8.59. The van der Waals surface area contributed by atoms with Crippen LogP contribution in [0.1, 0.15) is 17.8 Å². The van der Waals surface area contributed by atoms with Crippen LogP contribution in [0.15, 0.2) is 29.1 Å². The Morgan fingerprint density at radius 3 is 2.57 bits per heavy atom. The number of halogens is 4. The monoisotopic (exact) mass is 437 g/mol. The van der Waals surface area contributed by atoms with Gasteiger partial charge in [0.05, 0.1) is 36.6 Å². The maximum atomic E-state index is 13.5. The second-order valence-electron chi connectivity index (χ2n) is 5.30. The lowest BCUT2D eigenvalue weighted by Crippen LogP contribution is -2.32. The average molecular weight is 437 g/mol. The topological polar surface area (TPSA) is 102 Å². The van der Waals surface area contributed by atoms with Crippen LogP contribution < -0.4 is 4.31 Å². The van der Waals surface area contributed by atoms with Crippen LogP contribution in [0.2, 0.25) is 0 Å². The molecule has 0 aromatic carbocycles. The van der Waals surface area contributed by atoms with E-state index in [4.69, 9.17) is 0 Å². The van der Waals surface area contributed by atoms with Crippen molar-refractivity contribution >= 4 is 27.0 Å². The van der Waals surface area contributed by atoms with Gasteiger partial charge in [-0.3, -0.25) is 9.29 Å². The van der Waals surface area contributed by atoms with Crippen LogP contribution in [0.4, 0.5) is 23.2 Å². The summed E-state index contributed by atoms with van der Waals surface area (Å²) in [4.78, 5) is 7.75. The Morgan fingerprint density at radius 1 is 1.21 bits per heavy atom. The predicted molar refractivity (Wildman–Crippen MR) is 90.2 cm³/mol. The molecule has 28 heavy (non-hydrogen) atoms. The molecule has 0 atom stereocenters. The van der Waals surface area contributed by atoms with E-state index in [2.05, 4.69) is 24.6 Å². The lowest BCUT2D eigenvalue weighted by Gasteiger charge is -2.22. The first kappa shape index (κ1) is 20.1. The Morgan fingerprint density at radius 2 is 1.96 bits per heavy atom. The zero-order valence-corrected chi connectivity index (χ0v) is 15.6. The van der Waals surface area contributed by atoms with Crippen LogP contribution in [-0.2, 0) is 22.7 Å². The molecule has 0 fully saturated rings. The SMILES string of the molecule is CCS(=O)(=O)N(Cc1ncc(-c2nnc(C(F)(F)F)o2)s1)c1cncc(F)c1. The molecule has 3 heterocycles. The Balaban J connectivity index is 1.90. The standard InChI is InChI=1S/C14H11F4N5O3S2/c1-2-28(24,25)23(9-3-8(15)4-19-5-9)7-11-20-6-10(27-11)12-21-22-13(26-12)14(16,17)18/h3-6H,2,7H2,1H3. The fourth-order valence-corrected chi connectivity index (χ4v) is 4.05. The molecule has 14 heteroatoms. The fraction of sp³-hybridized carbons (Fsp3) is 0.286. The zero-order valence-electron chi connectivity index (χ0n) is 14.0. The van der Waals surface area contributed by atoms with Gasteiger partial charge in [-0.15, -0.1) is 21.5 Å². The number of rotatable bonds is 6. The average Bonchev–Trinajstić information content (AvgIpc) is 3.28. The van der Waals surface area contributed by atoms with E-state index >= 15 is 0 Å². The number of hydrogen-bond donors (Lipinski definition) is 0. The molecule has 0 aliphatic heterocycles. The second kappa shape index (κ2) is 7.43. The van der Waals surface area contributed by atoms with Gasteiger partial charge < -0.3 is 4.42 Å². The highest BCUT2D eigenvalue weighted by Gasteiger charge is 2.38. The number of anilines is 1. The van der Waals surface area contributed by atoms with Crippen LogP contribution in [0.25, 0.3) is 10.8 Å². The molecule has 0 amide bonds. The third-order valence-corrected chi connectivity index (χ3v) is 6.10. The summed E-state index contributed by atoms with van der Waals surface area (Å²) in [5, 5.41) is 6.47. The van der Waals surface area contributed by atoms with Crippen LogP contribution in [0.3, 0.4) is 0 Å². The van der Waals surface area contributed by atoms with Crippen molar-refractivity contribution in [3.8, 4) is 10.8 Å². The number of pyridine rings is 1. The minimum Gasteiger partial charge on any atom is -0.412 e. The summed E-state index contributed by atoms with van der Waals surface area (Å²) < 4.78 is 81.4. The van der Waals surface area contributed by atoms with Gasteiger partial charge in [0.2, 0.25) is 10.0 Å². The van der Waals surface area contributed by atoms with Gasteiger partial charge in [0.15, 0.2) is 0 Å². The highest BCUT2D eigenvalue weighted by Crippen LogP contribution is 2.33. The molecular weight excluding hydrogens is 426 g/mol. The molecule has 0 saturated carbocycles. The summed E-state index contributed by atoms with van der Waals surface area (Å²) in [6.07, 6.45) is -1.49. The van der Waals surface area contributed by atoms with Crippen molar-refractivity contribution in [2.24, 2.45) is 0 Å². The highest BCUT2D eigenvalue weighted by atomic mass is 32.2. The van der Waals surface area contributed by atoms with Crippen molar-refractivity contribution in [3.63, 3.8) is 0 Å². The molecule has 3 aromatic rings. The van der Waals surface area contributed by atoms with E-state index in [0.717, 1.165) is 27.9 Å². The van der Waals surface area contributed by atoms with Gasteiger partial charge in [-0.05, 0) is 6.92 Å². The highest BCUT2D eigenvalue weighted by molar-refractivity contribution is 7.92. The summed E-state index contributed by atoms with van der Waals surface area (Å²) in [5.74, 6) is -2.88. The molecule has 0 aliphatic rings. The van der Waals surface area contributed by atoms with E-state index in [-0.39, 0.29) is 27.9 Å². The largest absolute Gasteiger partial charge is 0.470 e. The van der Waals surface area contributed by atoms with E-state index < -0.39 is 33.8 Å². The van der Waals surface area contributed by atoms with Gasteiger partial charge in [-0.2, -0.15) is 13.2 Å². The molecule has 0 unspecified atom stereocenters. The summed E-state index contributed by atoms with van der Waals surface area (Å²) >= 11 is 0.869. The summed E-state index contributed by atoms with van der Waals surface area (Å²) in [7, 11) is -3.81. The molecule has 0 saturated heterocycles. The third-order valence-electron chi connectivity index (χ3n) is 3.39. The van der Waals surface area contributed by atoms with Crippen LogP contribution >= 0.6 is 11.3 Å². The van der Waals surface area contributed by atoms with Crippen molar-refractivity contribution < 1.29 is 30.4 Å². The van der Waals surface area contributed by atoms with Crippen molar-refractivity contribution in [2.75, 3.05) is 10.1 Å². The van der Waals surface area contributed by atoms with Crippen molar-refractivity contribution in [1.82, 2.24) is 20.2 Å². The first-order chi connectivity index (χ1) is 13.1. The molecule has 8 nitrogen and oxygen atoms in total. The first-order valence-electron chi connectivity index (χ1n) is 7.57. The van der Waals surface area contributed by atoms with E-state index in [1.807, 2.05) is 0 Å². The summed E-state index contributed by atoms with van der Waals surface area (Å²) in [6, 6.07) is 1.00. The van der Waals surface area contributed by atoms with E-state index in [1.165, 1.54) is 19.3 Å². The number of hydrogen-bond acceptors (Lipinski definition) is 8. The van der Waals surface area contributed by atoms with Gasteiger partial charge in [0.1, 0.15) is 15.7 Å². The Labute approximate surface area is 159 Å². The molecule has 0 radical (unpaired) electrons. The minimum atomic E-state index is -4.78. The van der Waals surface area contributed by atoms with Gasteiger partial charge in [-0.1, -0.05) is 0 Å². The predicted octanol–water partition coefficient (Wildman–Crippen LogP) is 3.10. The number of sulfonamides is 1. The minimum absolute atomic E-state index is 0.00394. The Kier molecular flexibility index (Phi) is 5.34. The van der Waals surface area contributed by atoms with Crippen molar-refractivity contribution in [3.05, 3.63) is 41.4 Å². The lowest BCUT2D eigenvalue weighted by molar-refractivity contribution is -0.156. The van der Waals surface area contributed by atoms with Crippen molar-refractivity contribution in [1.29, 1.82) is 0 Å². The molecule has 150 valence electrons. The third kappa shape index (κ3) is 4.27. The van der Waals surface area contributed by atoms with Crippen molar-refractivity contribution in [2.45, 2.75) is 19.6 Å². The zero-order chi connectivity index (χ0) is 20.5. The number of nitrogens with zero attached hydrogens (tertiary/aromatic N) is 5. The maximum absolute atomic E-state index is 13.5. The van der Waals surface area contributed by atoms with Crippen LogP contribution in [-0.4, -0.2) is 34.3 Å². The van der Waals surface area contributed by atoms with Gasteiger partial charge in [0.25, 0.3) is 5.89 Å². The fourth-order valence-electron chi connectivity index (χ4n) is 2.09. The molecule has 0 N–H and O–H groups in total. The number of alkyl halides is 3. The maximum Gasteiger partial charge on any atom is 0.470 e. The lowest BCUT2D eigenvalue weighted by atomic mass is 10.4. The molecule has 3 aromatic heterocycles. The molecule has 0 bridgehead atoms. The van der Waals surface area contributed by atoms with Crippen LogP contribution in [0.5, 0.6) is 0 Å². The normalized spacial score (nSPS) is 12.3. The van der Waals surface area contributed by atoms with E-state index in [1.54, 1.807) is 0 Å². The Bertz CT molecular complexity index is 1080. The summed E-state index contributed by atoms with van der Waals surface area (Å²) in [5.41, 5.74) is -0.00394. The first-order valence-corrected chi connectivity index (χ1v) is 9.99. The number of thiazole rings is 1. The smallest absolute Gasteiger partial charge is 0.412 e. The van der Waals surface area contributed by atoms with E-state index in [9.17, 15) is 26.0 Å². The quantitative estimate of drug-likeness (QED) is 0.546. The summed E-state index contributed by atoms with van der Waals surface area (Å²) in [6.45, 7) is 1.14.